The smallest absolute Gasteiger partial charge is 0.244 e. The molecule has 1 fully saturated rings. The van der Waals surface area contributed by atoms with E-state index in [2.05, 4.69) is 30.9 Å². The van der Waals surface area contributed by atoms with Crippen LogP contribution in [0.2, 0.25) is 0 Å². The molecule has 1 aromatic rings. The van der Waals surface area contributed by atoms with E-state index in [1.807, 2.05) is 0 Å². The Morgan fingerprint density at radius 1 is 1.41 bits per heavy atom. The minimum atomic E-state index is -0.334. The summed E-state index contributed by atoms with van der Waals surface area (Å²) in [6.45, 7) is 6.16. The Morgan fingerprint density at radius 2 is 2.06 bits per heavy atom. The van der Waals surface area contributed by atoms with Gasteiger partial charge in [0, 0.05) is 7.11 Å². The van der Waals surface area contributed by atoms with Gasteiger partial charge in [-0.05, 0) is 24.7 Å². The van der Waals surface area contributed by atoms with Gasteiger partial charge < -0.3 is 15.0 Å². The maximum Gasteiger partial charge on any atom is 0.244 e. The van der Waals surface area contributed by atoms with Gasteiger partial charge in [0.15, 0.2) is 0 Å². The number of rotatable bonds is 3. The number of aromatic nitrogens is 2. The number of methoxy groups -OCH3 is 1. The third-order valence-corrected chi connectivity index (χ3v) is 3.60. The van der Waals surface area contributed by atoms with E-state index in [0.29, 0.717) is 11.7 Å². The Labute approximate surface area is 102 Å². The number of ether oxygens (including phenoxy) is 1. The van der Waals surface area contributed by atoms with Gasteiger partial charge in [-0.25, -0.2) is 0 Å². The Balaban J connectivity index is 2.21. The van der Waals surface area contributed by atoms with Gasteiger partial charge in [0.05, 0.1) is 6.04 Å². The van der Waals surface area contributed by atoms with Crippen molar-refractivity contribution in [3.63, 3.8) is 0 Å². The predicted octanol–water partition coefficient (Wildman–Crippen LogP) is 2.14. The molecule has 1 saturated carbocycles. The van der Waals surface area contributed by atoms with Gasteiger partial charge in [-0.15, -0.1) is 0 Å². The van der Waals surface area contributed by atoms with Crippen molar-refractivity contribution in [2.24, 2.45) is 11.1 Å². The number of nitrogens with zero attached hydrogens (tertiary/aromatic N) is 2. The number of nitrogens with two attached hydrogens (primary N) is 1. The second-order valence-corrected chi connectivity index (χ2v) is 5.85. The van der Waals surface area contributed by atoms with Crippen molar-refractivity contribution in [3.05, 3.63) is 11.7 Å². The molecule has 0 spiro atoms. The monoisotopic (exact) mass is 239 g/mol. The topological polar surface area (TPSA) is 74.2 Å². The summed E-state index contributed by atoms with van der Waals surface area (Å²) in [5.41, 5.74) is 5.66. The molecular weight excluding hydrogens is 218 g/mol. The van der Waals surface area contributed by atoms with Crippen molar-refractivity contribution in [1.29, 1.82) is 0 Å². The first-order valence-electron chi connectivity index (χ1n) is 6.04. The molecule has 5 heteroatoms. The van der Waals surface area contributed by atoms with Crippen molar-refractivity contribution < 1.29 is 9.26 Å². The van der Waals surface area contributed by atoms with E-state index in [4.69, 9.17) is 15.0 Å². The molecule has 96 valence electrons. The lowest BCUT2D eigenvalue weighted by Crippen LogP contribution is -2.37. The van der Waals surface area contributed by atoms with Crippen LogP contribution in [0.4, 0.5) is 0 Å². The second kappa shape index (κ2) is 4.07. The summed E-state index contributed by atoms with van der Waals surface area (Å²) in [6, 6.07) is -0.252. The minimum Gasteiger partial charge on any atom is -0.370 e. The third kappa shape index (κ3) is 2.09. The zero-order valence-electron chi connectivity index (χ0n) is 11.0. The van der Waals surface area contributed by atoms with Crippen LogP contribution < -0.4 is 5.73 Å². The molecule has 1 unspecified atom stereocenters. The molecule has 1 aromatic heterocycles. The molecule has 2 rings (SSSR count). The highest BCUT2D eigenvalue weighted by molar-refractivity contribution is 5.08. The molecule has 0 aromatic carbocycles. The molecule has 17 heavy (non-hydrogen) atoms. The van der Waals surface area contributed by atoms with Crippen LogP contribution in [-0.4, -0.2) is 17.3 Å². The average Bonchev–Trinajstić information content (AvgIpc) is 2.64. The van der Waals surface area contributed by atoms with Crippen molar-refractivity contribution >= 4 is 0 Å². The number of hydrogen-bond acceptors (Lipinski definition) is 5. The van der Waals surface area contributed by atoms with E-state index in [1.54, 1.807) is 7.11 Å². The van der Waals surface area contributed by atoms with Crippen LogP contribution in [0.3, 0.4) is 0 Å². The maximum atomic E-state index is 6.09. The van der Waals surface area contributed by atoms with E-state index in [1.165, 1.54) is 0 Å². The van der Waals surface area contributed by atoms with Crippen LogP contribution in [0.15, 0.2) is 4.52 Å². The lowest BCUT2D eigenvalue weighted by molar-refractivity contribution is -0.0858. The summed E-state index contributed by atoms with van der Waals surface area (Å²) in [7, 11) is 1.69. The molecule has 0 radical (unpaired) electrons. The van der Waals surface area contributed by atoms with E-state index < -0.39 is 0 Å². The third-order valence-electron chi connectivity index (χ3n) is 3.60. The molecule has 1 aliphatic rings. The van der Waals surface area contributed by atoms with Gasteiger partial charge in [-0.2, -0.15) is 4.98 Å². The molecule has 1 aliphatic carbocycles. The van der Waals surface area contributed by atoms with Crippen molar-refractivity contribution in [2.45, 2.75) is 51.7 Å². The van der Waals surface area contributed by atoms with Crippen molar-refractivity contribution in [1.82, 2.24) is 10.1 Å². The van der Waals surface area contributed by atoms with Gasteiger partial charge in [0.1, 0.15) is 5.60 Å². The molecule has 2 N–H and O–H groups in total. The lowest BCUT2D eigenvalue weighted by atomic mass is 9.79. The Morgan fingerprint density at radius 3 is 2.47 bits per heavy atom. The molecule has 1 heterocycles. The summed E-state index contributed by atoms with van der Waals surface area (Å²) in [5.74, 6) is 1.14. The zero-order chi connectivity index (χ0) is 12.7. The summed E-state index contributed by atoms with van der Waals surface area (Å²) in [5, 5.41) is 4.02. The van der Waals surface area contributed by atoms with Crippen LogP contribution in [0.1, 0.15) is 57.8 Å². The van der Waals surface area contributed by atoms with Gasteiger partial charge in [-0.3, -0.25) is 0 Å². The van der Waals surface area contributed by atoms with E-state index in [9.17, 15) is 0 Å². The zero-order valence-corrected chi connectivity index (χ0v) is 11.0. The van der Waals surface area contributed by atoms with E-state index in [0.717, 1.165) is 19.3 Å². The van der Waals surface area contributed by atoms with Crippen LogP contribution in [0, 0.1) is 5.41 Å². The van der Waals surface area contributed by atoms with Crippen molar-refractivity contribution in [2.75, 3.05) is 7.11 Å². The fraction of sp³-hybridized carbons (Fsp3) is 0.833. The first-order chi connectivity index (χ1) is 7.89. The highest BCUT2D eigenvalue weighted by Gasteiger charge is 2.44. The Hall–Kier alpha value is -0.940. The highest BCUT2D eigenvalue weighted by Crippen LogP contribution is 2.43. The second-order valence-electron chi connectivity index (χ2n) is 5.85. The van der Waals surface area contributed by atoms with Crippen LogP contribution in [0.25, 0.3) is 0 Å². The van der Waals surface area contributed by atoms with Gasteiger partial charge in [0.2, 0.25) is 11.7 Å². The minimum absolute atomic E-state index is 0.0936. The quantitative estimate of drug-likeness (QED) is 0.874. The molecule has 0 bridgehead atoms. The summed E-state index contributed by atoms with van der Waals surface area (Å²) in [6.07, 6.45) is 3.05. The average molecular weight is 239 g/mol. The summed E-state index contributed by atoms with van der Waals surface area (Å²) >= 11 is 0. The first-order valence-corrected chi connectivity index (χ1v) is 6.04. The van der Waals surface area contributed by atoms with E-state index >= 15 is 0 Å². The first kappa shape index (κ1) is 12.5. The van der Waals surface area contributed by atoms with Crippen LogP contribution in [0.5, 0.6) is 0 Å². The maximum absolute atomic E-state index is 6.09. The molecule has 0 amide bonds. The predicted molar refractivity (Wildman–Crippen MR) is 63.2 cm³/mol. The van der Waals surface area contributed by atoms with Gasteiger partial charge in [-0.1, -0.05) is 25.9 Å². The SMILES string of the molecule is COC1(c2noc(C(N)C(C)(C)C)n2)CCC1. The Bertz CT molecular complexity index is 385. The Kier molecular flexibility index (Phi) is 2.99. The molecule has 5 nitrogen and oxygen atoms in total. The summed E-state index contributed by atoms with van der Waals surface area (Å²) < 4.78 is 10.8. The van der Waals surface area contributed by atoms with Gasteiger partial charge >= 0.3 is 0 Å². The molecule has 0 aliphatic heterocycles. The fourth-order valence-electron chi connectivity index (χ4n) is 1.93. The molecule has 1 atom stereocenters. The van der Waals surface area contributed by atoms with Crippen LogP contribution >= 0.6 is 0 Å². The number of hydrogen-bond donors (Lipinski definition) is 1. The van der Waals surface area contributed by atoms with E-state index in [-0.39, 0.29) is 17.1 Å². The molecule has 0 saturated heterocycles. The largest absolute Gasteiger partial charge is 0.370 e. The normalized spacial score (nSPS) is 21.0. The van der Waals surface area contributed by atoms with Gasteiger partial charge in [0.25, 0.3) is 0 Å². The van der Waals surface area contributed by atoms with Crippen molar-refractivity contribution in [3.8, 4) is 0 Å². The highest BCUT2D eigenvalue weighted by atomic mass is 16.5. The lowest BCUT2D eigenvalue weighted by Gasteiger charge is -2.37. The van der Waals surface area contributed by atoms with Crippen LogP contribution in [-0.2, 0) is 10.3 Å². The summed E-state index contributed by atoms with van der Waals surface area (Å²) in [4.78, 5) is 4.41. The standard InChI is InChI=1S/C12H21N3O2/c1-11(2,3)8(13)9-14-10(15-17-9)12(16-4)6-5-7-12/h8H,5-7,13H2,1-4H3. The molecular formula is C12H21N3O2. The fourth-order valence-corrected chi connectivity index (χ4v) is 1.93.